The highest BCUT2D eigenvalue weighted by Gasteiger charge is 2.14. The van der Waals surface area contributed by atoms with Crippen LogP contribution < -0.4 is 5.32 Å². The molecule has 27 heavy (non-hydrogen) atoms. The number of pyridine rings is 1. The molecular weight excluding hydrogens is 362 g/mol. The van der Waals surface area contributed by atoms with Gasteiger partial charge < -0.3 is 9.88 Å². The largest absolute Gasteiger partial charge is 0.334 e. The van der Waals surface area contributed by atoms with Crippen molar-refractivity contribution in [2.45, 2.75) is 13.1 Å². The van der Waals surface area contributed by atoms with Gasteiger partial charge in [0.2, 0.25) is 5.95 Å². The van der Waals surface area contributed by atoms with Crippen LogP contribution in [0.25, 0.3) is 22.6 Å². The molecule has 1 atom stereocenters. The van der Waals surface area contributed by atoms with E-state index in [0.29, 0.717) is 11.0 Å². The van der Waals surface area contributed by atoms with Gasteiger partial charge in [-0.1, -0.05) is 23.7 Å². The maximum atomic E-state index is 6.07. The third-order valence-corrected chi connectivity index (χ3v) is 4.56. The first-order valence-corrected chi connectivity index (χ1v) is 8.85. The first-order valence-electron chi connectivity index (χ1n) is 8.47. The summed E-state index contributed by atoms with van der Waals surface area (Å²) in [4.78, 5) is 8.52. The molecule has 0 saturated heterocycles. The average Bonchev–Trinajstić information content (AvgIpc) is 3.31. The normalized spacial score (nSPS) is 12.1. The van der Waals surface area contributed by atoms with E-state index in [9.17, 15) is 0 Å². The van der Waals surface area contributed by atoms with Crippen LogP contribution in [0.5, 0.6) is 0 Å². The summed E-state index contributed by atoms with van der Waals surface area (Å²) in [5, 5.41) is 12.6. The second-order valence-corrected chi connectivity index (χ2v) is 6.62. The third-order valence-electron chi connectivity index (χ3n) is 4.32. The summed E-state index contributed by atoms with van der Waals surface area (Å²) >= 11 is 6.07. The van der Waals surface area contributed by atoms with Gasteiger partial charge in [-0.15, -0.1) is 10.2 Å². The molecule has 0 aliphatic carbocycles. The average molecular weight is 380 g/mol. The lowest BCUT2D eigenvalue weighted by molar-refractivity contribution is 0.604. The maximum Gasteiger partial charge on any atom is 0.226 e. The van der Waals surface area contributed by atoms with Crippen molar-refractivity contribution in [3.8, 4) is 22.6 Å². The minimum absolute atomic E-state index is 0.0568. The summed E-state index contributed by atoms with van der Waals surface area (Å²) < 4.78 is 3.90. The first-order chi connectivity index (χ1) is 13.1. The minimum atomic E-state index is -0.0568. The van der Waals surface area contributed by atoms with E-state index in [1.54, 1.807) is 18.7 Å². The highest BCUT2D eigenvalue weighted by atomic mass is 35.5. The van der Waals surface area contributed by atoms with Crippen LogP contribution in [-0.2, 0) is 7.05 Å². The predicted molar refractivity (Wildman–Crippen MR) is 105 cm³/mol. The molecule has 3 heterocycles. The Balaban J connectivity index is 1.53. The van der Waals surface area contributed by atoms with Crippen molar-refractivity contribution in [3.05, 3.63) is 66.3 Å². The van der Waals surface area contributed by atoms with Crippen LogP contribution in [-0.4, -0.2) is 29.3 Å². The van der Waals surface area contributed by atoms with E-state index in [1.807, 2.05) is 65.7 Å². The van der Waals surface area contributed by atoms with E-state index in [0.717, 1.165) is 22.6 Å². The van der Waals surface area contributed by atoms with Crippen LogP contribution in [0, 0.1) is 0 Å². The van der Waals surface area contributed by atoms with Crippen molar-refractivity contribution in [1.29, 1.82) is 0 Å². The molecule has 4 aromatic rings. The summed E-state index contributed by atoms with van der Waals surface area (Å²) in [5.41, 5.74) is 2.81. The summed E-state index contributed by atoms with van der Waals surface area (Å²) in [6.45, 7) is 2.03. The van der Waals surface area contributed by atoms with Crippen LogP contribution in [0.1, 0.15) is 13.1 Å². The number of anilines is 1. The zero-order valence-electron chi connectivity index (χ0n) is 14.9. The molecule has 7 nitrogen and oxygen atoms in total. The van der Waals surface area contributed by atoms with E-state index in [2.05, 4.69) is 25.5 Å². The molecule has 3 aromatic heterocycles. The number of halogens is 1. The molecule has 1 aromatic carbocycles. The fourth-order valence-corrected chi connectivity index (χ4v) is 3.00. The minimum Gasteiger partial charge on any atom is -0.334 e. The monoisotopic (exact) mass is 379 g/mol. The quantitative estimate of drug-likeness (QED) is 0.566. The van der Waals surface area contributed by atoms with Crippen molar-refractivity contribution in [3.63, 3.8) is 0 Å². The van der Waals surface area contributed by atoms with Gasteiger partial charge in [-0.05, 0) is 31.2 Å². The number of nitrogens with one attached hydrogen (secondary N) is 1. The number of imidazole rings is 1. The van der Waals surface area contributed by atoms with E-state index < -0.39 is 0 Å². The summed E-state index contributed by atoms with van der Waals surface area (Å²) in [7, 11) is 1.93. The van der Waals surface area contributed by atoms with Gasteiger partial charge in [0.25, 0.3) is 0 Å². The summed E-state index contributed by atoms with van der Waals surface area (Å²) in [6, 6.07) is 11.5. The van der Waals surface area contributed by atoms with E-state index in [-0.39, 0.29) is 6.17 Å². The molecule has 136 valence electrons. The zero-order chi connectivity index (χ0) is 18.8. The number of rotatable bonds is 5. The van der Waals surface area contributed by atoms with Gasteiger partial charge in [0.15, 0.2) is 5.82 Å². The Labute approximate surface area is 161 Å². The smallest absolute Gasteiger partial charge is 0.226 e. The molecule has 0 radical (unpaired) electrons. The van der Waals surface area contributed by atoms with Gasteiger partial charge in [0.05, 0.1) is 12.0 Å². The molecule has 0 bridgehead atoms. The Bertz CT molecular complexity index is 1050. The maximum absolute atomic E-state index is 6.07. The summed E-state index contributed by atoms with van der Waals surface area (Å²) in [5.74, 6) is 1.45. The van der Waals surface area contributed by atoms with Gasteiger partial charge in [0.1, 0.15) is 6.17 Å². The van der Waals surface area contributed by atoms with Crippen LogP contribution in [0.15, 0.2) is 61.3 Å². The molecule has 0 fully saturated rings. The Morgan fingerprint density at radius 1 is 1.07 bits per heavy atom. The molecule has 0 aliphatic rings. The van der Waals surface area contributed by atoms with Crippen LogP contribution >= 0.6 is 11.6 Å². The van der Waals surface area contributed by atoms with Gasteiger partial charge in [-0.2, -0.15) is 0 Å². The molecule has 0 aliphatic heterocycles. The Morgan fingerprint density at radius 2 is 1.89 bits per heavy atom. The van der Waals surface area contributed by atoms with Gasteiger partial charge in [-0.25, -0.2) is 4.98 Å². The summed E-state index contributed by atoms with van der Waals surface area (Å²) in [6.07, 6.45) is 7.18. The van der Waals surface area contributed by atoms with Crippen molar-refractivity contribution < 1.29 is 0 Å². The van der Waals surface area contributed by atoms with Crippen molar-refractivity contribution in [2.24, 2.45) is 7.05 Å². The Hall–Kier alpha value is -3.19. The fraction of sp³-hybridized carbons (Fsp3) is 0.158. The standard InChI is InChI=1S/C19H18ClN7/c1-13(27-11-17(22-12-27)15-4-3-5-16(20)10-15)23-19-25-24-18(26(19)2)14-6-8-21-9-7-14/h3-13H,1-2H3,(H,23,25)/t13-/m0/s1. The molecule has 0 unspecified atom stereocenters. The second-order valence-electron chi connectivity index (χ2n) is 6.18. The number of nitrogens with zero attached hydrogens (tertiary/aromatic N) is 6. The highest BCUT2D eigenvalue weighted by Crippen LogP contribution is 2.23. The number of hydrogen-bond acceptors (Lipinski definition) is 5. The van der Waals surface area contributed by atoms with Gasteiger partial charge in [-0.3, -0.25) is 9.55 Å². The van der Waals surface area contributed by atoms with Crippen molar-refractivity contribution >= 4 is 17.5 Å². The molecule has 0 saturated carbocycles. The first kappa shape index (κ1) is 17.2. The van der Waals surface area contributed by atoms with Crippen LogP contribution in [0.3, 0.4) is 0 Å². The zero-order valence-corrected chi connectivity index (χ0v) is 15.7. The second kappa shape index (κ2) is 7.20. The topological polar surface area (TPSA) is 73.5 Å². The SMILES string of the molecule is C[C@@H](Nc1nnc(-c2ccncc2)n1C)n1cnc(-c2cccc(Cl)c2)c1. The lowest BCUT2D eigenvalue weighted by Crippen LogP contribution is -2.16. The van der Waals surface area contributed by atoms with Crippen molar-refractivity contribution in [2.75, 3.05) is 5.32 Å². The Morgan fingerprint density at radius 3 is 2.67 bits per heavy atom. The van der Waals surface area contributed by atoms with Crippen molar-refractivity contribution in [1.82, 2.24) is 29.3 Å². The number of aromatic nitrogens is 6. The van der Waals surface area contributed by atoms with Gasteiger partial charge in [0, 0.05) is 41.8 Å². The van der Waals surface area contributed by atoms with E-state index in [1.165, 1.54) is 0 Å². The van der Waals surface area contributed by atoms with E-state index in [4.69, 9.17) is 11.6 Å². The fourth-order valence-electron chi connectivity index (χ4n) is 2.81. The molecular formula is C19H18ClN7. The highest BCUT2D eigenvalue weighted by molar-refractivity contribution is 6.30. The molecule has 8 heteroatoms. The lowest BCUT2D eigenvalue weighted by Gasteiger charge is -2.15. The molecule has 1 N–H and O–H groups in total. The Kier molecular flexibility index (Phi) is 4.60. The molecule has 0 spiro atoms. The molecule has 4 rings (SSSR count). The predicted octanol–water partition coefficient (Wildman–Crippen LogP) is 4.02. The third kappa shape index (κ3) is 3.54. The molecule has 0 amide bonds. The van der Waals surface area contributed by atoms with E-state index >= 15 is 0 Å². The number of benzene rings is 1. The lowest BCUT2D eigenvalue weighted by atomic mass is 10.2. The van der Waals surface area contributed by atoms with Gasteiger partial charge >= 0.3 is 0 Å². The number of hydrogen-bond donors (Lipinski definition) is 1. The van der Waals surface area contributed by atoms with Crippen LogP contribution in [0.4, 0.5) is 5.95 Å². The van der Waals surface area contributed by atoms with Crippen LogP contribution in [0.2, 0.25) is 5.02 Å².